The second-order valence-electron chi connectivity index (χ2n) is 4.43. The molecule has 17 heavy (non-hydrogen) atoms. The lowest BCUT2D eigenvalue weighted by Gasteiger charge is -2.29. The van der Waals surface area contributed by atoms with Crippen LogP contribution in [0.2, 0.25) is 0 Å². The summed E-state index contributed by atoms with van der Waals surface area (Å²) in [6.45, 7) is 6.24. The van der Waals surface area contributed by atoms with Crippen LogP contribution in [0.4, 0.5) is 5.69 Å². The zero-order valence-electron chi connectivity index (χ0n) is 9.95. The number of hydrogen-bond donors (Lipinski definition) is 1. The second-order valence-corrected chi connectivity index (χ2v) is 4.43. The number of hydrogen-bond acceptors (Lipinski definition) is 4. The maximum Gasteiger partial charge on any atom is 0.127 e. The third kappa shape index (κ3) is 2.37. The first-order valence-electron chi connectivity index (χ1n) is 6.22. The van der Waals surface area contributed by atoms with Crippen molar-refractivity contribution < 1.29 is 9.47 Å². The molecule has 2 aliphatic heterocycles. The highest BCUT2D eigenvalue weighted by molar-refractivity contribution is 5.54. The number of nitrogens with zero attached hydrogens (tertiary/aromatic N) is 1. The van der Waals surface area contributed by atoms with Crippen molar-refractivity contribution >= 4 is 5.69 Å². The summed E-state index contributed by atoms with van der Waals surface area (Å²) in [5, 5.41) is 3.36. The highest BCUT2D eigenvalue weighted by atomic mass is 16.5. The van der Waals surface area contributed by atoms with Gasteiger partial charge in [0.15, 0.2) is 0 Å². The lowest BCUT2D eigenvalue weighted by molar-refractivity contribution is 0.107. The molecule has 1 aromatic rings. The zero-order chi connectivity index (χ0) is 11.5. The molecule has 92 valence electrons. The molecular weight excluding hydrogens is 216 g/mol. The molecule has 1 N–H and O–H groups in total. The number of rotatable bonds is 1. The summed E-state index contributed by atoms with van der Waals surface area (Å²) in [7, 11) is 0. The third-order valence-electron chi connectivity index (χ3n) is 3.28. The molecule has 2 aliphatic rings. The summed E-state index contributed by atoms with van der Waals surface area (Å²) >= 11 is 0. The van der Waals surface area contributed by atoms with E-state index in [2.05, 4.69) is 28.4 Å². The first kappa shape index (κ1) is 10.9. The van der Waals surface area contributed by atoms with E-state index >= 15 is 0 Å². The van der Waals surface area contributed by atoms with E-state index in [1.54, 1.807) is 0 Å². The minimum atomic E-state index is 0.651. The fourth-order valence-corrected chi connectivity index (χ4v) is 2.31. The molecule has 1 fully saturated rings. The number of ether oxygens (including phenoxy) is 2. The Balaban J connectivity index is 1.83. The molecule has 2 heterocycles. The van der Waals surface area contributed by atoms with Gasteiger partial charge < -0.3 is 19.7 Å². The zero-order valence-corrected chi connectivity index (χ0v) is 9.95. The maximum absolute atomic E-state index is 5.71. The molecule has 4 heteroatoms. The largest absolute Gasteiger partial charge is 0.491 e. The fraction of sp³-hybridized carbons (Fsp3) is 0.538. The molecule has 0 bridgehead atoms. The van der Waals surface area contributed by atoms with Crippen LogP contribution in [0, 0.1) is 0 Å². The van der Waals surface area contributed by atoms with Crippen molar-refractivity contribution in [1.82, 2.24) is 5.32 Å². The monoisotopic (exact) mass is 234 g/mol. The van der Waals surface area contributed by atoms with Gasteiger partial charge in [0.2, 0.25) is 0 Å². The number of benzene rings is 1. The van der Waals surface area contributed by atoms with E-state index in [4.69, 9.17) is 9.47 Å². The number of fused-ring (bicyclic) bond motifs is 1. The van der Waals surface area contributed by atoms with Gasteiger partial charge in [0, 0.05) is 43.5 Å². The smallest absolute Gasteiger partial charge is 0.127 e. The number of anilines is 1. The minimum absolute atomic E-state index is 0.651. The molecule has 0 radical (unpaired) electrons. The molecule has 4 nitrogen and oxygen atoms in total. The lowest BCUT2D eigenvalue weighted by Crippen LogP contribution is -2.43. The van der Waals surface area contributed by atoms with Crippen molar-refractivity contribution in [2.24, 2.45) is 0 Å². The Labute approximate surface area is 102 Å². The van der Waals surface area contributed by atoms with Gasteiger partial charge in [0.25, 0.3) is 0 Å². The van der Waals surface area contributed by atoms with Crippen LogP contribution in [-0.2, 0) is 11.3 Å². The van der Waals surface area contributed by atoms with Crippen molar-refractivity contribution in [3.8, 4) is 5.75 Å². The van der Waals surface area contributed by atoms with E-state index in [1.165, 1.54) is 5.69 Å². The van der Waals surface area contributed by atoms with Crippen molar-refractivity contribution in [3.05, 3.63) is 23.8 Å². The van der Waals surface area contributed by atoms with E-state index in [0.717, 1.165) is 37.5 Å². The molecule has 0 atom stereocenters. The Bertz CT molecular complexity index is 389. The molecule has 0 unspecified atom stereocenters. The normalized spacial score (nSPS) is 20.4. The van der Waals surface area contributed by atoms with Crippen LogP contribution in [-0.4, -0.2) is 39.4 Å². The number of nitrogens with one attached hydrogen (secondary N) is 1. The molecule has 0 aliphatic carbocycles. The van der Waals surface area contributed by atoms with E-state index < -0.39 is 0 Å². The second kappa shape index (κ2) is 4.94. The molecule has 0 saturated carbocycles. The molecule has 0 aromatic heterocycles. The van der Waals surface area contributed by atoms with Crippen LogP contribution in [0.1, 0.15) is 5.56 Å². The Morgan fingerprint density at radius 3 is 2.88 bits per heavy atom. The molecule has 0 spiro atoms. The van der Waals surface area contributed by atoms with Crippen LogP contribution in [0.15, 0.2) is 18.2 Å². The molecular formula is C13H18N2O2. The van der Waals surface area contributed by atoms with Crippen LogP contribution in [0.3, 0.4) is 0 Å². The quantitative estimate of drug-likeness (QED) is 0.786. The summed E-state index contributed by atoms with van der Waals surface area (Å²) in [4.78, 5) is 2.39. The van der Waals surface area contributed by atoms with E-state index in [0.29, 0.717) is 19.8 Å². The van der Waals surface area contributed by atoms with Crippen LogP contribution < -0.4 is 15.0 Å². The van der Waals surface area contributed by atoms with Crippen LogP contribution >= 0.6 is 0 Å². The summed E-state index contributed by atoms with van der Waals surface area (Å²) in [5.74, 6) is 0.985. The van der Waals surface area contributed by atoms with Gasteiger partial charge in [0.05, 0.1) is 13.2 Å². The Morgan fingerprint density at radius 1 is 1.12 bits per heavy atom. The highest BCUT2D eigenvalue weighted by Gasteiger charge is 2.14. The van der Waals surface area contributed by atoms with Crippen molar-refractivity contribution in [2.45, 2.75) is 6.61 Å². The molecule has 1 aromatic carbocycles. The van der Waals surface area contributed by atoms with Crippen LogP contribution in [0.25, 0.3) is 0 Å². The van der Waals surface area contributed by atoms with Gasteiger partial charge in [-0.15, -0.1) is 0 Å². The van der Waals surface area contributed by atoms with Crippen LogP contribution in [0.5, 0.6) is 5.75 Å². The van der Waals surface area contributed by atoms with Gasteiger partial charge in [-0.3, -0.25) is 0 Å². The maximum atomic E-state index is 5.71. The van der Waals surface area contributed by atoms with Gasteiger partial charge in [-0.2, -0.15) is 0 Å². The van der Waals surface area contributed by atoms with Gasteiger partial charge >= 0.3 is 0 Å². The predicted octanol–water partition coefficient (Wildman–Crippen LogP) is 1.01. The highest BCUT2D eigenvalue weighted by Crippen LogP contribution is 2.28. The first-order valence-corrected chi connectivity index (χ1v) is 6.22. The van der Waals surface area contributed by atoms with Gasteiger partial charge in [-0.05, 0) is 6.07 Å². The minimum Gasteiger partial charge on any atom is -0.491 e. The van der Waals surface area contributed by atoms with Gasteiger partial charge in [-0.1, -0.05) is 6.07 Å². The summed E-state index contributed by atoms with van der Waals surface area (Å²) < 4.78 is 11.2. The van der Waals surface area contributed by atoms with Gasteiger partial charge in [-0.25, -0.2) is 0 Å². The van der Waals surface area contributed by atoms with Gasteiger partial charge in [0.1, 0.15) is 12.4 Å². The third-order valence-corrected chi connectivity index (χ3v) is 3.28. The van der Waals surface area contributed by atoms with E-state index in [-0.39, 0.29) is 0 Å². The Hall–Kier alpha value is -1.26. The SMILES string of the molecule is c1cc2c(cc1N1CCNCC1)OCCOC2. The predicted molar refractivity (Wildman–Crippen MR) is 66.7 cm³/mol. The lowest BCUT2D eigenvalue weighted by atomic mass is 10.1. The topological polar surface area (TPSA) is 33.7 Å². The van der Waals surface area contributed by atoms with E-state index in [1.807, 2.05) is 0 Å². The molecule has 0 amide bonds. The fourth-order valence-electron chi connectivity index (χ4n) is 2.31. The molecule has 1 saturated heterocycles. The van der Waals surface area contributed by atoms with E-state index in [9.17, 15) is 0 Å². The number of piperazine rings is 1. The van der Waals surface area contributed by atoms with Crippen molar-refractivity contribution in [1.29, 1.82) is 0 Å². The Kier molecular flexibility index (Phi) is 3.16. The summed E-state index contributed by atoms with van der Waals surface area (Å²) in [6.07, 6.45) is 0. The Morgan fingerprint density at radius 2 is 2.00 bits per heavy atom. The average molecular weight is 234 g/mol. The first-order chi connectivity index (χ1) is 8.43. The molecule has 3 rings (SSSR count). The summed E-state index contributed by atoms with van der Waals surface area (Å²) in [6, 6.07) is 6.44. The standard InChI is InChI=1S/C13H18N2O2/c1-2-12(15-5-3-14-4-6-15)9-13-11(1)10-16-7-8-17-13/h1-2,9,14H,3-8,10H2. The average Bonchev–Trinajstić information content (AvgIpc) is 2.64. The van der Waals surface area contributed by atoms with Crippen molar-refractivity contribution in [3.63, 3.8) is 0 Å². The summed E-state index contributed by atoms with van der Waals surface area (Å²) in [5.41, 5.74) is 2.41. The van der Waals surface area contributed by atoms with Crippen molar-refractivity contribution in [2.75, 3.05) is 44.3 Å².